The van der Waals surface area contributed by atoms with Gasteiger partial charge in [0.1, 0.15) is 11.6 Å². The third kappa shape index (κ3) is 6.58. The fourth-order valence-corrected chi connectivity index (χ4v) is 7.03. The molecule has 0 aromatic heterocycles. The fourth-order valence-electron chi connectivity index (χ4n) is 5.47. The summed E-state index contributed by atoms with van der Waals surface area (Å²) in [5, 5.41) is 0. The van der Waals surface area contributed by atoms with Crippen LogP contribution < -0.4 is 13.9 Å². The van der Waals surface area contributed by atoms with Crippen LogP contribution in [0.3, 0.4) is 0 Å². The number of nitrogens with zero attached hydrogens (tertiary/aromatic N) is 3. The molecule has 0 amide bonds. The first-order valence-corrected chi connectivity index (χ1v) is 14.9. The molecule has 3 aromatic rings. The number of ether oxygens (including phenoxy) is 2. The average molecular weight is 644 g/mol. The monoisotopic (exact) mass is 643 g/mol. The van der Waals surface area contributed by atoms with Crippen LogP contribution in [0.25, 0.3) is 11.1 Å². The van der Waals surface area contributed by atoms with Gasteiger partial charge in [-0.1, -0.05) is 12.1 Å². The Hall–Kier alpha value is -3.98. The SMILES string of the molecule is COC(=O)CCN1CCN2c3ccc(-c4cc(F)cc(OC(F)F)c4)cc3N(S(=O)(=O)c3cccc(C(F)(F)F)c3)CC2C1. The van der Waals surface area contributed by atoms with Crippen LogP contribution in [-0.2, 0) is 25.7 Å². The van der Waals surface area contributed by atoms with Crippen LogP contribution in [0.1, 0.15) is 12.0 Å². The van der Waals surface area contributed by atoms with Crippen molar-refractivity contribution in [2.24, 2.45) is 0 Å². The van der Waals surface area contributed by atoms with Crippen LogP contribution in [0.2, 0.25) is 0 Å². The fraction of sp³-hybridized carbons (Fsp3) is 0.345. The highest BCUT2D eigenvalue weighted by molar-refractivity contribution is 7.92. The number of hydrogen-bond donors (Lipinski definition) is 0. The summed E-state index contributed by atoms with van der Waals surface area (Å²) in [7, 11) is -3.29. The molecule has 0 radical (unpaired) electrons. The Morgan fingerprint density at radius 1 is 0.977 bits per heavy atom. The number of sulfonamides is 1. The normalized spacial score (nSPS) is 17.3. The third-order valence-corrected chi connectivity index (χ3v) is 9.31. The number of carbonyl (C=O) groups excluding carboxylic acids is 1. The van der Waals surface area contributed by atoms with Crippen LogP contribution in [0.15, 0.2) is 65.6 Å². The predicted molar refractivity (Wildman–Crippen MR) is 149 cm³/mol. The maximum absolute atomic E-state index is 14.4. The van der Waals surface area contributed by atoms with Crippen LogP contribution in [-0.4, -0.2) is 71.8 Å². The Balaban J connectivity index is 1.58. The maximum Gasteiger partial charge on any atom is 0.416 e. The maximum atomic E-state index is 14.4. The van der Waals surface area contributed by atoms with E-state index in [1.54, 1.807) is 12.1 Å². The molecule has 44 heavy (non-hydrogen) atoms. The number of piperazine rings is 1. The highest BCUT2D eigenvalue weighted by atomic mass is 32.2. The molecule has 2 aliphatic rings. The van der Waals surface area contributed by atoms with Gasteiger partial charge in [-0.05, 0) is 53.6 Å². The smallest absolute Gasteiger partial charge is 0.416 e. The first-order valence-electron chi connectivity index (χ1n) is 13.4. The zero-order chi connectivity index (χ0) is 31.8. The van der Waals surface area contributed by atoms with Crippen LogP contribution >= 0.6 is 0 Å². The van der Waals surface area contributed by atoms with Gasteiger partial charge in [0, 0.05) is 32.2 Å². The lowest BCUT2D eigenvalue weighted by Crippen LogP contribution is -2.60. The van der Waals surface area contributed by atoms with E-state index in [0.717, 1.165) is 34.6 Å². The lowest BCUT2D eigenvalue weighted by Gasteiger charge is -2.49. The van der Waals surface area contributed by atoms with Gasteiger partial charge in [-0.2, -0.15) is 22.0 Å². The van der Waals surface area contributed by atoms with E-state index in [4.69, 9.17) is 4.74 Å². The molecule has 2 heterocycles. The van der Waals surface area contributed by atoms with Crippen molar-refractivity contribution in [2.75, 3.05) is 49.0 Å². The van der Waals surface area contributed by atoms with Crippen molar-refractivity contribution in [1.29, 1.82) is 0 Å². The lowest BCUT2D eigenvalue weighted by molar-refractivity contribution is -0.141. The molecule has 5 rings (SSSR count). The average Bonchev–Trinajstić information content (AvgIpc) is 2.97. The van der Waals surface area contributed by atoms with E-state index >= 15 is 0 Å². The van der Waals surface area contributed by atoms with E-state index in [1.165, 1.54) is 19.2 Å². The molecular weight excluding hydrogens is 616 g/mol. The van der Waals surface area contributed by atoms with Gasteiger partial charge in [0.05, 0.1) is 48.0 Å². The number of halogens is 6. The van der Waals surface area contributed by atoms with E-state index in [9.17, 15) is 39.6 Å². The standard InChI is InChI=1S/C29H27F6N3O5S/c1-42-27(39)7-8-36-9-10-37-22(16-36)17-38(44(40,41)24-4-2-3-20(14-24)29(33,34)35)26-13-18(5-6-25(26)37)19-11-21(30)15-23(12-19)43-28(31)32/h2-6,11-15,22,28H,7-10,16-17H2,1H3. The van der Waals surface area contributed by atoms with Crippen molar-refractivity contribution in [2.45, 2.75) is 30.1 Å². The van der Waals surface area contributed by atoms with Crippen molar-refractivity contribution in [1.82, 2.24) is 4.90 Å². The van der Waals surface area contributed by atoms with Gasteiger partial charge in [0.25, 0.3) is 10.0 Å². The van der Waals surface area contributed by atoms with Gasteiger partial charge < -0.3 is 14.4 Å². The number of methoxy groups -OCH3 is 1. The summed E-state index contributed by atoms with van der Waals surface area (Å²) in [6, 6.07) is 10.6. The Morgan fingerprint density at radius 3 is 2.45 bits per heavy atom. The molecule has 8 nitrogen and oxygen atoms in total. The minimum atomic E-state index is -4.78. The van der Waals surface area contributed by atoms with Crippen molar-refractivity contribution in [3.63, 3.8) is 0 Å². The molecule has 236 valence electrons. The number of carbonyl (C=O) groups is 1. The van der Waals surface area contributed by atoms with Gasteiger partial charge in [0.15, 0.2) is 0 Å². The van der Waals surface area contributed by atoms with Gasteiger partial charge in [0.2, 0.25) is 0 Å². The first kappa shape index (κ1) is 31.4. The summed E-state index contributed by atoms with van der Waals surface area (Å²) < 4.78 is 119. The Kier molecular flexibility index (Phi) is 8.71. The highest BCUT2D eigenvalue weighted by Crippen LogP contribution is 2.43. The molecule has 1 saturated heterocycles. The van der Waals surface area contributed by atoms with Crippen LogP contribution in [0.4, 0.5) is 37.7 Å². The van der Waals surface area contributed by atoms with Crippen molar-refractivity contribution < 1.29 is 49.0 Å². The topological polar surface area (TPSA) is 79.4 Å². The van der Waals surface area contributed by atoms with Crippen LogP contribution in [0.5, 0.6) is 5.75 Å². The molecule has 1 unspecified atom stereocenters. The van der Waals surface area contributed by atoms with Gasteiger partial charge in [-0.15, -0.1) is 0 Å². The number of esters is 1. The second-order valence-corrected chi connectivity index (χ2v) is 12.2. The lowest BCUT2D eigenvalue weighted by atomic mass is 10.00. The zero-order valence-electron chi connectivity index (χ0n) is 23.2. The number of anilines is 2. The number of rotatable bonds is 8. The van der Waals surface area contributed by atoms with Crippen molar-refractivity contribution in [3.8, 4) is 16.9 Å². The molecule has 1 atom stereocenters. The molecule has 2 aliphatic heterocycles. The third-order valence-electron chi connectivity index (χ3n) is 7.54. The molecular formula is C29H27F6N3O5S. The first-order chi connectivity index (χ1) is 20.8. The Bertz CT molecular complexity index is 1650. The van der Waals surface area contributed by atoms with E-state index in [2.05, 4.69) is 4.74 Å². The van der Waals surface area contributed by atoms with Crippen LogP contribution in [0, 0.1) is 5.82 Å². The second kappa shape index (κ2) is 12.2. The Morgan fingerprint density at radius 2 is 1.75 bits per heavy atom. The van der Waals surface area contributed by atoms with E-state index in [1.807, 2.05) is 9.80 Å². The zero-order valence-corrected chi connectivity index (χ0v) is 24.0. The summed E-state index contributed by atoms with van der Waals surface area (Å²) in [5.74, 6) is -1.71. The molecule has 1 fully saturated rings. The molecule has 15 heteroatoms. The van der Waals surface area contributed by atoms with Gasteiger partial charge in [-0.3, -0.25) is 14.0 Å². The number of benzene rings is 3. The second-order valence-electron chi connectivity index (χ2n) is 10.3. The summed E-state index contributed by atoms with van der Waals surface area (Å²) in [6.07, 6.45) is -4.66. The molecule has 0 aliphatic carbocycles. The summed E-state index contributed by atoms with van der Waals surface area (Å²) in [5.41, 5.74) is -0.158. The van der Waals surface area contributed by atoms with Crippen molar-refractivity contribution in [3.05, 3.63) is 72.0 Å². The minimum absolute atomic E-state index is 0.120. The summed E-state index contributed by atoms with van der Waals surface area (Å²) in [6.45, 7) is -1.65. The van der Waals surface area contributed by atoms with Crippen molar-refractivity contribution >= 4 is 27.4 Å². The van der Waals surface area contributed by atoms with E-state index in [-0.39, 0.29) is 29.8 Å². The van der Waals surface area contributed by atoms with E-state index in [0.29, 0.717) is 37.9 Å². The number of hydrogen-bond acceptors (Lipinski definition) is 7. The Labute approximate surface area is 249 Å². The molecule has 3 aromatic carbocycles. The quantitative estimate of drug-likeness (QED) is 0.241. The molecule has 0 saturated carbocycles. The molecule has 0 spiro atoms. The van der Waals surface area contributed by atoms with E-state index < -0.39 is 56.8 Å². The molecule has 0 bridgehead atoms. The summed E-state index contributed by atoms with van der Waals surface area (Å²) >= 11 is 0. The predicted octanol–water partition coefficient (Wildman–Crippen LogP) is 5.38. The largest absolute Gasteiger partial charge is 0.469 e. The highest BCUT2D eigenvalue weighted by Gasteiger charge is 2.41. The minimum Gasteiger partial charge on any atom is -0.469 e. The van der Waals surface area contributed by atoms with Gasteiger partial charge in [-0.25, -0.2) is 12.8 Å². The molecule has 0 N–H and O–H groups in total. The number of fused-ring (bicyclic) bond motifs is 3. The summed E-state index contributed by atoms with van der Waals surface area (Å²) in [4.78, 5) is 15.1. The number of alkyl halides is 5. The van der Waals surface area contributed by atoms with Gasteiger partial charge >= 0.3 is 18.8 Å².